The van der Waals surface area contributed by atoms with E-state index in [0.29, 0.717) is 5.69 Å². The van der Waals surface area contributed by atoms with Crippen molar-refractivity contribution in [2.45, 2.75) is 6.92 Å². The molecule has 0 N–H and O–H groups in total. The van der Waals surface area contributed by atoms with Gasteiger partial charge in [0.15, 0.2) is 5.69 Å². The van der Waals surface area contributed by atoms with Crippen molar-refractivity contribution in [1.29, 1.82) is 0 Å². The maximum atomic E-state index is 11.1. The Hall–Kier alpha value is -1.23. The van der Waals surface area contributed by atoms with Crippen molar-refractivity contribution in [3.05, 3.63) is 23.2 Å². The molecule has 0 amide bonds. The number of nitrogens with zero attached hydrogens (tertiary/aromatic N) is 2. The van der Waals surface area contributed by atoms with Crippen molar-refractivity contribution in [2.75, 3.05) is 6.61 Å². The molecule has 0 aliphatic carbocycles. The van der Waals surface area contributed by atoms with E-state index >= 15 is 0 Å². The lowest BCUT2D eigenvalue weighted by Crippen LogP contribution is -2.06. The summed E-state index contributed by atoms with van der Waals surface area (Å²) >= 11 is 1.18. The topological polar surface area (TPSA) is 52.1 Å². The molecule has 0 saturated heterocycles. The molecule has 5 heteroatoms. The SMILES string of the molecule is C=CCOC(=O)c1nnsc1C. The zero-order valence-corrected chi connectivity index (χ0v) is 7.43. The van der Waals surface area contributed by atoms with E-state index in [1.54, 1.807) is 6.92 Å². The van der Waals surface area contributed by atoms with Gasteiger partial charge in [0.2, 0.25) is 0 Å². The van der Waals surface area contributed by atoms with Crippen LogP contribution < -0.4 is 0 Å². The van der Waals surface area contributed by atoms with Gasteiger partial charge < -0.3 is 4.74 Å². The van der Waals surface area contributed by atoms with Gasteiger partial charge in [0.25, 0.3) is 0 Å². The van der Waals surface area contributed by atoms with E-state index in [1.165, 1.54) is 17.6 Å². The summed E-state index contributed by atoms with van der Waals surface area (Å²) in [5.41, 5.74) is 0.293. The van der Waals surface area contributed by atoms with E-state index < -0.39 is 5.97 Å². The molecule has 0 saturated carbocycles. The Balaban J connectivity index is 2.65. The number of carbonyl (C=O) groups excluding carboxylic acids is 1. The Kier molecular flexibility index (Phi) is 2.93. The van der Waals surface area contributed by atoms with Crippen LogP contribution in [0.15, 0.2) is 12.7 Å². The molecule has 64 valence electrons. The van der Waals surface area contributed by atoms with Gasteiger partial charge in [0.1, 0.15) is 6.61 Å². The number of aryl methyl sites for hydroxylation is 1. The first-order valence-corrected chi connectivity index (χ1v) is 4.10. The molecule has 0 radical (unpaired) electrons. The van der Waals surface area contributed by atoms with Crippen LogP contribution in [0.2, 0.25) is 0 Å². The van der Waals surface area contributed by atoms with E-state index in [9.17, 15) is 4.79 Å². The highest BCUT2D eigenvalue weighted by molar-refractivity contribution is 7.05. The number of carbonyl (C=O) groups is 1. The molecule has 1 aromatic heterocycles. The molecule has 0 unspecified atom stereocenters. The fourth-order valence-corrected chi connectivity index (χ4v) is 1.08. The third-order valence-electron chi connectivity index (χ3n) is 1.18. The van der Waals surface area contributed by atoms with Gasteiger partial charge in [-0.05, 0) is 18.5 Å². The highest BCUT2D eigenvalue weighted by Gasteiger charge is 2.13. The van der Waals surface area contributed by atoms with Crippen LogP contribution in [0.4, 0.5) is 0 Å². The van der Waals surface area contributed by atoms with Crippen molar-refractivity contribution >= 4 is 17.5 Å². The monoisotopic (exact) mass is 184 g/mol. The second-order valence-corrected chi connectivity index (χ2v) is 3.02. The molecule has 0 atom stereocenters. The molecule has 1 aromatic rings. The summed E-state index contributed by atoms with van der Waals surface area (Å²) in [6.45, 7) is 5.40. The van der Waals surface area contributed by atoms with E-state index in [4.69, 9.17) is 4.74 Å². The predicted molar refractivity (Wildman–Crippen MR) is 45.1 cm³/mol. The summed E-state index contributed by atoms with van der Waals surface area (Å²) in [6, 6.07) is 0. The van der Waals surface area contributed by atoms with Crippen LogP contribution in [0.25, 0.3) is 0 Å². The van der Waals surface area contributed by atoms with E-state index in [1.807, 2.05) is 0 Å². The van der Waals surface area contributed by atoms with Crippen molar-refractivity contribution in [1.82, 2.24) is 9.59 Å². The van der Waals surface area contributed by atoms with Crippen LogP contribution in [0.5, 0.6) is 0 Å². The molecular formula is C7H8N2O2S. The van der Waals surface area contributed by atoms with Gasteiger partial charge >= 0.3 is 5.97 Å². The highest BCUT2D eigenvalue weighted by Crippen LogP contribution is 2.08. The van der Waals surface area contributed by atoms with Gasteiger partial charge in [0.05, 0.1) is 4.88 Å². The Morgan fingerprint density at radius 1 is 1.83 bits per heavy atom. The summed E-state index contributed by atoms with van der Waals surface area (Å²) in [5, 5.41) is 3.63. The number of esters is 1. The van der Waals surface area contributed by atoms with Crippen LogP contribution in [0, 0.1) is 6.92 Å². The number of ether oxygens (including phenoxy) is 1. The predicted octanol–water partition coefficient (Wildman–Crippen LogP) is 1.19. The van der Waals surface area contributed by atoms with Crippen LogP contribution in [0.1, 0.15) is 15.4 Å². The van der Waals surface area contributed by atoms with Crippen LogP contribution >= 0.6 is 11.5 Å². The van der Waals surface area contributed by atoms with Gasteiger partial charge in [-0.1, -0.05) is 17.1 Å². The molecule has 0 aromatic carbocycles. The largest absolute Gasteiger partial charge is 0.457 e. The smallest absolute Gasteiger partial charge is 0.360 e. The van der Waals surface area contributed by atoms with Crippen molar-refractivity contribution in [3.63, 3.8) is 0 Å². The minimum Gasteiger partial charge on any atom is -0.457 e. The minimum atomic E-state index is -0.443. The molecule has 12 heavy (non-hydrogen) atoms. The number of rotatable bonds is 3. The zero-order valence-electron chi connectivity index (χ0n) is 6.61. The summed E-state index contributed by atoms with van der Waals surface area (Å²) in [6.07, 6.45) is 1.51. The number of hydrogen-bond donors (Lipinski definition) is 0. The second kappa shape index (κ2) is 3.96. The Morgan fingerprint density at radius 3 is 3.08 bits per heavy atom. The average molecular weight is 184 g/mol. The normalized spacial score (nSPS) is 9.42. The quantitative estimate of drug-likeness (QED) is 0.523. The summed E-state index contributed by atoms with van der Waals surface area (Å²) in [7, 11) is 0. The molecule has 1 heterocycles. The van der Waals surface area contributed by atoms with E-state index in [2.05, 4.69) is 16.2 Å². The summed E-state index contributed by atoms with van der Waals surface area (Å²) in [5.74, 6) is -0.443. The first-order chi connectivity index (χ1) is 5.75. The van der Waals surface area contributed by atoms with Gasteiger partial charge in [0, 0.05) is 0 Å². The number of hydrogen-bond acceptors (Lipinski definition) is 5. The standard InChI is InChI=1S/C7H8N2O2S/c1-3-4-11-7(10)6-5(2)12-9-8-6/h3H,1,4H2,2H3. The Labute approximate surface area is 74.0 Å². The average Bonchev–Trinajstić information content (AvgIpc) is 2.47. The lowest BCUT2D eigenvalue weighted by molar-refractivity contribution is 0.0542. The first kappa shape index (κ1) is 8.86. The Bertz CT molecular complexity index is 295. The second-order valence-electron chi connectivity index (χ2n) is 2.06. The summed E-state index contributed by atoms with van der Waals surface area (Å²) < 4.78 is 8.38. The highest BCUT2D eigenvalue weighted by atomic mass is 32.1. The fourth-order valence-electron chi connectivity index (χ4n) is 0.624. The summed E-state index contributed by atoms with van der Waals surface area (Å²) in [4.78, 5) is 11.9. The zero-order chi connectivity index (χ0) is 8.97. The first-order valence-electron chi connectivity index (χ1n) is 3.32. The van der Waals surface area contributed by atoms with Crippen LogP contribution in [0.3, 0.4) is 0 Å². The van der Waals surface area contributed by atoms with Gasteiger partial charge in [-0.15, -0.1) is 5.10 Å². The molecule has 0 fully saturated rings. The third-order valence-corrected chi connectivity index (χ3v) is 1.81. The van der Waals surface area contributed by atoms with Gasteiger partial charge in [-0.3, -0.25) is 0 Å². The molecule has 1 rings (SSSR count). The van der Waals surface area contributed by atoms with Crippen molar-refractivity contribution < 1.29 is 9.53 Å². The third kappa shape index (κ3) is 1.88. The maximum absolute atomic E-state index is 11.1. The van der Waals surface area contributed by atoms with Gasteiger partial charge in [-0.2, -0.15) is 0 Å². The molecule has 0 aliphatic heterocycles. The lowest BCUT2D eigenvalue weighted by Gasteiger charge is -1.97. The number of aromatic nitrogens is 2. The van der Waals surface area contributed by atoms with Gasteiger partial charge in [-0.25, -0.2) is 4.79 Å². The Morgan fingerprint density at radius 2 is 2.58 bits per heavy atom. The van der Waals surface area contributed by atoms with Crippen LogP contribution in [-0.4, -0.2) is 22.2 Å². The molecule has 4 nitrogen and oxygen atoms in total. The molecule has 0 spiro atoms. The minimum absolute atomic E-state index is 0.204. The molecule has 0 aliphatic rings. The van der Waals surface area contributed by atoms with Crippen molar-refractivity contribution in [3.8, 4) is 0 Å². The van der Waals surface area contributed by atoms with Crippen LogP contribution in [-0.2, 0) is 4.74 Å². The maximum Gasteiger partial charge on any atom is 0.360 e. The van der Waals surface area contributed by atoms with E-state index in [-0.39, 0.29) is 6.61 Å². The molecule has 0 bridgehead atoms. The van der Waals surface area contributed by atoms with E-state index in [0.717, 1.165) is 4.88 Å². The fraction of sp³-hybridized carbons (Fsp3) is 0.286. The van der Waals surface area contributed by atoms with Crippen molar-refractivity contribution in [2.24, 2.45) is 0 Å². The molecular weight excluding hydrogens is 176 g/mol. The lowest BCUT2D eigenvalue weighted by atomic mass is 10.4.